The number of hydrogen-bond acceptors (Lipinski definition) is 6. The van der Waals surface area contributed by atoms with Gasteiger partial charge in [0.1, 0.15) is 0 Å². The zero-order valence-electron chi connectivity index (χ0n) is 75.0. The summed E-state index contributed by atoms with van der Waals surface area (Å²) in [4.78, 5) is 28.2. The molecule has 0 radical (unpaired) electrons. The van der Waals surface area contributed by atoms with Gasteiger partial charge in [0.05, 0.1) is 11.9 Å². The van der Waals surface area contributed by atoms with Crippen molar-refractivity contribution in [3.05, 3.63) is 0 Å². The molecule has 0 heterocycles. The molecule has 0 aliphatic carbocycles. The van der Waals surface area contributed by atoms with E-state index in [1.807, 2.05) is 13.8 Å². The van der Waals surface area contributed by atoms with Gasteiger partial charge in [-0.1, -0.05) is 555 Å². The van der Waals surface area contributed by atoms with Gasteiger partial charge in [0.2, 0.25) is 0 Å². The summed E-state index contributed by atoms with van der Waals surface area (Å²) in [6, 6.07) is -0.824. The second-order valence-corrected chi connectivity index (χ2v) is 34.8. The first kappa shape index (κ1) is 111. The summed E-state index contributed by atoms with van der Waals surface area (Å²) in [5, 5.41) is 23.7. The van der Waals surface area contributed by atoms with Crippen LogP contribution in [0.3, 0.4) is 0 Å². The molecule has 0 aliphatic heterocycles. The van der Waals surface area contributed by atoms with E-state index in [0.29, 0.717) is 12.8 Å². The number of carboxylic acids is 2. The van der Waals surface area contributed by atoms with Crippen LogP contribution in [0.2, 0.25) is 0 Å². The van der Waals surface area contributed by atoms with Crippen molar-refractivity contribution in [1.29, 1.82) is 0 Å². The van der Waals surface area contributed by atoms with Crippen molar-refractivity contribution < 1.29 is 19.8 Å². The number of rotatable bonds is 94. The fourth-order valence-electron chi connectivity index (χ4n) is 17.0. The Hall–Kier alpha value is 0.120. The van der Waals surface area contributed by atoms with Crippen LogP contribution in [0.4, 0.5) is 0 Å². The van der Waals surface area contributed by atoms with E-state index in [0.717, 1.165) is 51.9 Å². The Morgan fingerprint density at radius 2 is 0.252 bits per heavy atom. The minimum atomic E-state index is -0.875. The number of nitrogens with zero attached hydrogens (tertiary/aromatic N) is 2. The van der Waals surface area contributed by atoms with Crippen molar-refractivity contribution in [2.24, 2.45) is 0 Å². The van der Waals surface area contributed by atoms with Gasteiger partial charge in [0, 0.05) is 12.1 Å². The van der Waals surface area contributed by atoms with E-state index in [4.69, 9.17) is 0 Å². The van der Waals surface area contributed by atoms with Gasteiger partial charge >= 0.3 is 37.7 Å². The third-order valence-electron chi connectivity index (χ3n) is 24.4. The zero-order chi connectivity index (χ0) is 77.1. The first-order chi connectivity index (χ1) is 52.3. The number of unbranched alkanes of at least 4 members (excludes halogenated alkanes) is 80. The van der Waals surface area contributed by atoms with Crippen molar-refractivity contribution in [3.63, 3.8) is 0 Å². The van der Waals surface area contributed by atoms with Crippen LogP contribution in [0.25, 0.3) is 0 Å². The molecule has 107 heavy (non-hydrogen) atoms. The first-order valence-corrected chi connectivity index (χ1v) is 50.2. The van der Waals surface area contributed by atoms with Crippen molar-refractivity contribution in [1.82, 2.24) is 9.80 Å². The van der Waals surface area contributed by atoms with Gasteiger partial charge in [-0.15, -0.1) is 0 Å². The van der Waals surface area contributed by atoms with E-state index < -0.39 is 24.0 Å². The van der Waals surface area contributed by atoms with E-state index >= 15 is 0 Å². The zero-order valence-corrected chi connectivity index (χ0v) is 77.2. The molecule has 2 unspecified atom stereocenters. The van der Waals surface area contributed by atoms with Crippen LogP contribution in [0, 0.1) is 0 Å². The summed E-state index contributed by atoms with van der Waals surface area (Å²) in [7, 11) is 0. The maximum absolute atomic E-state index is 11.9. The molecule has 0 spiro atoms. The average Bonchev–Trinajstić information content (AvgIpc) is 0.925. The van der Waals surface area contributed by atoms with E-state index in [-0.39, 0.29) is 37.7 Å². The SMILES string of the molecule is CCCCCCCCCCCCCCCCCCCCCCCN(CCCCCCCCCCCCCCCCCCCCCCC)C(CC)C(=O)[O-].CCCCCCCCCCCCCCCCCCCCCCCN(CCCCCCCCCCCCCCCCCCCCCCC)C(CC)C(=O)[O-].[Ca+2]. The van der Waals surface area contributed by atoms with Gasteiger partial charge in [-0.3, -0.25) is 9.80 Å². The van der Waals surface area contributed by atoms with Crippen molar-refractivity contribution in [3.8, 4) is 0 Å². The molecule has 0 bridgehead atoms. The first-order valence-electron chi connectivity index (χ1n) is 50.2. The number of carboxylic acid groups (broad SMARTS) is 2. The third-order valence-corrected chi connectivity index (χ3v) is 24.4. The molecule has 0 aromatic carbocycles. The van der Waals surface area contributed by atoms with Crippen LogP contribution in [0.1, 0.15) is 594 Å². The number of aliphatic carboxylic acids is 2. The molecule has 0 saturated heterocycles. The quantitative estimate of drug-likeness (QED) is 0.0445. The fraction of sp³-hybridized carbons (Fsp3) is 0.980. The number of hydrogen-bond donors (Lipinski definition) is 0. The minimum absolute atomic E-state index is 0. The predicted octanol–water partition coefficient (Wildman–Crippen LogP) is 32.1. The third kappa shape index (κ3) is 91.5. The standard InChI is InChI=1S/2C50H101NO2.Ca/c2*1-4-7-9-11-13-15-17-19-21-23-25-27-29-31-33-35-37-39-41-43-45-47-51(49(6-3)50(52)53)48-46-44-42-40-38-36-34-32-30-28-26-24-22-20-18-16-14-12-10-8-5-2;/h2*49H,4-48H2,1-3H3,(H,52,53);/q;;+2/p-2. The van der Waals surface area contributed by atoms with E-state index in [9.17, 15) is 19.8 Å². The molecule has 0 aromatic rings. The Bertz CT molecular complexity index is 1390. The second kappa shape index (κ2) is 100. The molecule has 6 nitrogen and oxygen atoms in total. The van der Waals surface area contributed by atoms with Crippen molar-refractivity contribution in [2.75, 3.05) is 26.2 Å². The van der Waals surface area contributed by atoms with Crippen molar-refractivity contribution >= 4 is 49.7 Å². The van der Waals surface area contributed by atoms with E-state index in [1.165, 1.54) is 514 Å². The topological polar surface area (TPSA) is 86.7 Å². The summed E-state index contributed by atoms with van der Waals surface area (Å²) in [6.07, 6.45) is 119. The van der Waals surface area contributed by atoms with Crippen LogP contribution in [0.5, 0.6) is 0 Å². The Morgan fingerprint density at radius 1 is 0.168 bits per heavy atom. The largest absolute Gasteiger partial charge is 2.00 e. The van der Waals surface area contributed by atoms with Crippen LogP contribution < -0.4 is 10.2 Å². The average molecular weight is 1530 g/mol. The maximum atomic E-state index is 11.9. The van der Waals surface area contributed by atoms with Gasteiger partial charge in [0.15, 0.2) is 0 Å². The van der Waals surface area contributed by atoms with Gasteiger partial charge < -0.3 is 19.8 Å². The van der Waals surface area contributed by atoms with Crippen LogP contribution in [-0.2, 0) is 9.59 Å². The normalized spacial score (nSPS) is 12.2. The molecule has 0 amide bonds. The Morgan fingerprint density at radius 3 is 0.327 bits per heavy atom. The smallest absolute Gasteiger partial charge is 0.548 e. The number of carbonyl (C=O) groups excluding carboxylic acids is 2. The molecule has 0 fully saturated rings. The van der Waals surface area contributed by atoms with E-state index in [1.54, 1.807) is 0 Å². The number of carbonyl (C=O) groups is 2. The molecule has 0 aliphatic rings. The fourth-order valence-corrected chi connectivity index (χ4v) is 17.0. The molecule has 0 saturated carbocycles. The summed E-state index contributed by atoms with van der Waals surface area (Å²) in [5.74, 6) is -1.75. The van der Waals surface area contributed by atoms with Crippen molar-refractivity contribution in [2.45, 2.75) is 606 Å². The second-order valence-electron chi connectivity index (χ2n) is 34.8. The predicted molar refractivity (Wildman–Crippen MR) is 478 cm³/mol. The van der Waals surface area contributed by atoms with Crippen LogP contribution in [0.15, 0.2) is 0 Å². The Kier molecular flexibility index (Phi) is 104. The molecule has 0 aromatic heterocycles. The summed E-state index contributed by atoms with van der Waals surface area (Å²) in [5.41, 5.74) is 0. The van der Waals surface area contributed by atoms with E-state index in [2.05, 4.69) is 37.5 Å². The van der Waals surface area contributed by atoms with Gasteiger partial charge in [0.25, 0.3) is 0 Å². The maximum Gasteiger partial charge on any atom is 2.00 e. The molecule has 0 rings (SSSR count). The molecular formula is C100H200CaN2O4. The summed E-state index contributed by atoms with van der Waals surface area (Å²) < 4.78 is 0. The van der Waals surface area contributed by atoms with Crippen LogP contribution >= 0.6 is 0 Å². The molecule has 2 atom stereocenters. The Balaban J connectivity index is -0.00000200. The van der Waals surface area contributed by atoms with Gasteiger partial charge in [-0.25, -0.2) is 0 Å². The molecule has 636 valence electrons. The van der Waals surface area contributed by atoms with Crippen LogP contribution in [-0.4, -0.2) is 97.7 Å². The molecule has 7 heteroatoms. The molecule has 0 N–H and O–H groups in total. The van der Waals surface area contributed by atoms with Gasteiger partial charge in [-0.05, 0) is 64.7 Å². The van der Waals surface area contributed by atoms with Gasteiger partial charge in [-0.2, -0.15) is 0 Å². The summed E-state index contributed by atoms with van der Waals surface area (Å²) in [6.45, 7) is 16.9. The summed E-state index contributed by atoms with van der Waals surface area (Å²) >= 11 is 0. The Labute approximate surface area is 705 Å². The monoisotopic (exact) mass is 1530 g/mol. The minimum Gasteiger partial charge on any atom is -0.548 e. The molecular weight excluding hydrogens is 1330 g/mol.